The standard InChI is InChI=1S/C20H30N6O.HI/c1-21-20(22-14-17-6-4-5-7-18(17)15-24(2)3)26-11-9-25(10-12-26)16-19-8-13-27-23-19;/h4-8,13H,9-12,14-16H2,1-3H3,(H,21,22);1H. The van der Waals surface area contributed by atoms with Crippen LogP contribution < -0.4 is 5.32 Å². The molecular weight excluding hydrogens is 467 g/mol. The molecule has 28 heavy (non-hydrogen) atoms. The highest BCUT2D eigenvalue weighted by Crippen LogP contribution is 2.11. The summed E-state index contributed by atoms with van der Waals surface area (Å²) in [6, 6.07) is 10.5. The van der Waals surface area contributed by atoms with Crippen LogP contribution in [0.15, 0.2) is 46.1 Å². The predicted octanol–water partition coefficient (Wildman–Crippen LogP) is 2.25. The van der Waals surface area contributed by atoms with Crippen LogP contribution in [0, 0.1) is 0 Å². The Morgan fingerprint density at radius 1 is 1.14 bits per heavy atom. The number of piperazine rings is 1. The van der Waals surface area contributed by atoms with Crippen LogP contribution in [0.25, 0.3) is 0 Å². The second kappa shape index (κ2) is 11.4. The van der Waals surface area contributed by atoms with Gasteiger partial charge in [-0.1, -0.05) is 29.4 Å². The van der Waals surface area contributed by atoms with E-state index >= 15 is 0 Å². The van der Waals surface area contributed by atoms with Crippen LogP contribution in [-0.4, -0.2) is 73.1 Å². The van der Waals surface area contributed by atoms with Crippen LogP contribution in [-0.2, 0) is 19.6 Å². The molecule has 8 heteroatoms. The number of hydrogen-bond acceptors (Lipinski definition) is 5. The number of hydrogen-bond donors (Lipinski definition) is 1. The van der Waals surface area contributed by atoms with E-state index < -0.39 is 0 Å². The van der Waals surface area contributed by atoms with Crippen molar-refractivity contribution in [3.63, 3.8) is 0 Å². The third-order valence-electron chi connectivity index (χ3n) is 4.80. The Morgan fingerprint density at radius 2 is 1.86 bits per heavy atom. The average Bonchev–Trinajstić information content (AvgIpc) is 3.17. The van der Waals surface area contributed by atoms with Crippen molar-refractivity contribution < 1.29 is 4.52 Å². The molecule has 2 aromatic rings. The molecule has 154 valence electrons. The van der Waals surface area contributed by atoms with Gasteiger partial charge < -0.3 is 19.6 Å². The summed E-state index contributed by atoms with van der Waals surface area (Å²) in [5.41, 5.74) is 3.66. The van der Waals surface area contributed by atoms with Gasteiger partial charge in [0.1, 0.15) is 6.26 Å². The molecule has 1 saturated heterocycles. The number of halogens is 1. The summed E-state index contributed by atoms with van der Waals surface area (Å²) in [6.45, 7) is 6.46. The highest BCUT2D eigenvalue weighted by Gasteiger charge is 2.20. The molecule has 1 aromatic carbocycles. The zero-order chi connectivity index (χ0) is 19.1. The molecule has 1 N–H and O–H groups in total. The maximum absolute atomic E-state index is 4.92. The lowest BCUT2D eigenvalue weighted by Crippen LogP contribution is -2.52. The molecule has 0 aliphatic carbocycles. The summed E-state index contributed by atoms with van der Waals surface area (Å²) >= 11 is 0. The fourth-order valence-electron chi connectivity index (χ4n) is 3.40. The van der Waals surface area contributed by atoms with Gasteiger partial charge in [0.05, 0.1) is 5.69 Å². The summed E-state index contributed by atoms with van der Waals surface area (Å²) in [6.07, 6.45) is 1.63. The van der Waals surface area contributed by atoms with Gasteiger partial charge in [-0.05, 0) is 25.2 Å². The first-order valence-electron chi connectivity index (χ1n) is 9.44. The first-order valence-corrected chi connectivity index (χ1v) is 9.44. The van der Waals surface area contributed by atoms with Crippen LogP contribution in [0.1, 0.15) is 16.8 Å². The van der Waals surface area contributed by atoms with Crippen molar-refractivity contribution in [1.82, 2.24) is 25.2 Å². The van der Waals surface area contributed by atoms with Crippen molar-refractivity contribution in [2.75, 3.05) is 47.3 Å². The lowest BCUT2D eigenvalue weighted by Gasteiger charge is -2.36. The molecule has 1 aliphatic rings. The van der Waals surface area contributed by atoms with Crippen LogP contribution >= 0.6 is 24.0 Å². The van der Waals surface area contributed by atoms with E-state index in [9.17, 15) is 0 Å². The minimum absolute atomic E-state index is 0. The Labute approximate surface area is 184 Å². The van der Waals surface area contributed by atoms with E-state index in [1.165, 1.54) is 11.1 Å². The molecule has 1 aromatic heterocycles. The van der Waals surface area contributed by atoms with E-state index in [-0.39, 0.29) is 24.0 Å². The molecule has 0 atom stereocenters. The summed E-state index contributed by atoms with van der Waals surface area (Å²) in [5, 5.41) is 7.54. The van der Waals surface area contributed by atoms with Crippen LogP contribution in [0.4, 0.5) is 0 Å². The molecule has 0 amide bonds. The Morgan fingerprint density at radius 3 is 2.46 bits per heavy atom. The number of nitrogens with zero attached hydrogens (tertiary/aromatic N) is 5. The molecule has 1 aliphatic heterocycles. The monoisotopic (exact) mass is 498 g/mol. The lowest BCUT2D eigenvalue weighted by molar-refractivity contribution is 0.169. The number of aromatic nitrogens is 1. The maximum Gasteiger partial charge on any atom is 0.194 e. The van der Waals surface area contributed by atoms with Gasteiger partial charge in [0.15, 0.2) is 5.96 Å². The van der Waals surface area contributed by atoms with E-state index in [2.05, 4.69) is 68.5 Å². The minimum atomic E-state index is 0. The zero-order valence-electron chi connectivity index (χ0n) is 17.0. The van der Waals surface area contributed by atoms with Gasteiger partial charge >= 0.3 is 0 Å². The number of rotatable bonds is 6. The number of guanidine groups is 1. The Balaban J connectivity index is 0.00000280. The minimum Gasteiger partial charge on any atom is -0.364 e. The zero-order valence-corrected chi connectivity index (χ0v) is 19.3. The van der Waals surface area contributed by atoms with Crippen LogP contribution in [0.3, 0.4) is 0 Å². The number of aliphatic imine (C=N–C) groups is 1. The van der Waals surface area contributed by atoms with Crippen molar-refractivity contribution in [1.29, 1.82) is 0 Å². The molecule has 0 radical (unpaired) electrons. The largest absolute Gasteiger partial charge is 0.364 e. The van der Waals surface area contributed by atoms with E-state index in [1.54, 1.807) is 6.26 Å². The summed E-state index contributed by atoms with van der Waals surface area (Å²) in [4.78, 5) is 11.4. The number of benzene rings is 1. The predicted molar refractivity (Wildman–Crippen MR) is 123 cm³/mol. The van der Waals surface area contributed by atoms with Crippen molar-refractivity contribution in [3.8, 4) is 0 Å². The molecule has 2 heterocycles. The third kappa shape index (κ3) is 6.46. The van der Waals surface area contributed by atoms with Gasteiger partial charge in [0.25, 0.3) is 0 Å². The topological polar surface area (TPSA) is 60.1 Å². The third-order valence-corrected chi connectivity index (χ3v) is 4.80. The van der Waals surface area contributed by atoms with Crippen molar-refractivity contribution in [2.45, 2.75) is 19.6 Å². The lowest BCUT2D eigenvalue weighted by atomic mass is 10.1. The maximum atomic E-state index is 4.92. The molecule has 0 spiro atoms. The molecule has 7 nitrogen and oxygen atoms in total. The Bertz CT molecular complexity index is 726. The van der Waals surface area contributed by atoms with Crippen LogP contribution in [0.2, 0.25) is 0 Å². The summed E-state index contributed by atoms with van der Waals surface area (Å²) < 4.78 is 4.92. The van der Waals surface area contributed by atoms with E-state index in [0.29, 0.717) is 0 Å². The quantitative estimate of drug-likeness (QED) is 0.375. The molecule has 0 saturated carbocycles. The Kier molecular flexibility index (Phi) is 9.20. The number of nitrogens with one attached hydrogen (secondary N) is 1. The van der Waals surface area contributed by atoms with Gasteiger partial charge in [-0.2, -0.15) is 0 Å². The average molecular weight is 498 g/mol. The van der Waals surface area contributed by atoms with E-state index in [4.69, 9.17) is 4.52 Å². The first kappa shape index (κ1) is 22.6. The van der Waals surface area contributed by atoms with Gasteiger partial charge in [0, 0.05) is 58.9 Å². The van der Waals surface area contributed by atoms with Gasteiger partial charge in [0.2, 0.25) is 0 Å². The second-order valence-corrected chi connectivity index (χ2v) is 7.16. The summed E-state index contributed by atoms with van der Waals surface area (Å²) in [7, 11) is 6.05. The SMILES string of the molecule is CN=C(NCc1ccccc1CN(C)C)N1CCN(Cc2ccon2)CC1.I. The molecule has 3 rings (SSSR count). The normalized spacial score (nSPS) is 15.6. The van der Waals surface area contributed by atoms with Crippen molar-refractivity contribution in [2.24, 2.45) is 4.99 Å². The first-order chi connectivity index (χ1) is 13.2. The van der Waals surface area contributed by atoms with Gasteiger partial charge in [-0.3, -0.25) is 9.89 Å². The smallest absolute Gasteiger partial charge is 0.194 e. The highest BCUT2D eigenvalue weighted by atomic mass is 127. The molecule has 0 bridgehead atoms. The van der Waals surface area contributed by atoms with E-state index in [0.717, 1.165) is 57.5 Å². The van der Waals surface area contributed by atoms with E-state index in [1.807, 2.05) is 13.1 Å². The van der Waals surface area contributed by atoms with Gasteiger partial charge in [-0.25, -0.2) is 0 Å². The fraction of sp³-hybridized carbons (Fsp3) is 0.500. The van der Waals surface area contributed by atoms with Gasteiger partial charge in [-0.15, -0.1) is 24.0 Å². The molecule has 0 unspecified atom stereocenters. The van der Waals surface area contributed by atoms with Crippen molar-refractivity contribution in [3.05, 3.63) is 53.4 Å². The Hall–Kier alpha value is -1.65. The van der Waals surface area contributed by atoms with Crippen LogP contribution in [0.5, 0.6) is 0 Å². The molecule has 1 fully saturated rings. The summed E-state index contributed by atoms with van der Waals surface area (Å²) in [5.74, 6) is 0.968. The second-order valence-electron chi connectivity index (χ2n) is 7.16. The highest BCUT2D eigenvalue weighted by molar-refractivity contribution is 14.0. The van der Waals surface area contributed by atoms with Crippen molar-refractivity contribution >= 4 is 29.9 Å². The fourth-order valence-corrected chi connectivity index (χ4v) is 3.40. The molecular formula is C20H31IN6O.